The topological polar surface area (TPSA) is 54.1 Å². The summed E-state index contributed by atoms with van der Waals surface area (Å²) in [4.78, 5) is 15.3. The maximum atomic E-state index is 12.6. The van der Waals surface area contributed by atoms with Crippen LogP contribution >= 0.6 is 0 Å². The first-order chi connectivity index (χ1) is 13.9. The number of aromatic nitrogens is 1. The van der Waals surface area contributed by atoms with E-state index in [1.165, 1.54) is 12.1 Å². The van der Waals surface area contributed by atoms with Crippen molar-refractivity contribution in [3.63, 3.8) is 0 Å². The Hall–Kier alpha value is -2.96. The number of carbonyl (C=O) groups excluding carboxylic acids is 1. The molecule has 0 saturated heterocycles. The van der Waals surface area contributed by atoms with Gasteiger partial charge in [0.2, 0.25) is 5.91 Å². The van der Waals surface area contributed by atoms with Crippen molar-refractivity contribution < 1.29 is 22.7 Å². The van der Waals surface area contributed by atoms with Crippen molar-refractivity contribution in [1.29, 1.82) is 0 Å². The Bertz CT molecular complexity index is 1010. The Morgan fingerprint density at radius 3 is 2.55 bits per heavy atom. The lowest BCUT2D eigenvalue weighted by Crippen LogP contribution is -2.27. The number of fused-ring (bicyclic) bond motifs is 1. The van der Waals surface area contributed by atoms with Gasteiger partial charge in [-0.25, -0.2) is 0 Å². The minimum atomic E-state index is -4.33. The van der Waals surface area contributed by atoms with Gasteiger partial charge in [0.25, 0.3) is 0 Å². The zero-order valence-corrected chi connectivity index (χ0v) is 15.7. The van der Waals surface area contributed by atoms with Crippen molar-refractivity contribution in [3.8, 4) is 5.75 Å². The quantitative estimate of drug-likeness (QED) is 0.568. The monoisotopic (exact) mass is 402 g/mol. The highest BCUT2D eigenvalue weighted by Crippen LogP contribution is 2.31. The predicted octanol–water partition coefficient (Wildman–Crippen LogP) is 5.55. The summed E-state index contributed by atoms with van der Waals surface area (Å²) in [6.45, 7) is 0.338. The normalized spacial score (nSPS) is 14.6. The minimum Gasteiger partial charge on any atom is -0.493 e. The molecule has 4 nitrogen and oxygen atoms in total. The Balaban J connectivity index is 1.38. The van der Waals surface area contributed by atoms with E-state index in [4.69, 9.17) is 4.74 Å². The van der Waals surface area contributed by atoms with Gasteiger partial charge in [-0.3, -0.25) is 4.79 Å². The number of alkyl halides is 3. The Labute approximate surface area is 166 Å². The fourth-order valence-electron chi connectivity index (χ4n) is 3.35. The molecule has 1 heterocycles. The number of hydrogen-bond donors (Lipinski definition) is 2. The molecule has 7 heteroatoms. The Morgan fingerprint density at radius 2 is 1.90 bits per heavy atom. The summed E-state index contributed by atoms with van der Waals surface area (Å²) < 4.78 is 43.6. The third-order valence-corrected chi connectivity index (χ3v) is 5.33. The largest absolute Gasteiger partial charge is 0.493 e. The Morgan fingerprint density at radius 1 is 1.14 bits per heavy atom. The molecule has 0 spiro atoms. The SMILES string of the molecule is O=C(Nc1c[nH]c2ccc(OCCc3ccc(C(F)(F)F)cc3)cc12)C1CCC1. The standard InChI is InChI=1S/C22H21F3N2O2/c23-22(24,25)16-6-4-14(5-7-16)10-11-29-17-8-9-19-18(12-17)20(13-26-19)27-21(28)15-2-1-3-15/h4-9,12-13,15,26H,1-3,10-11H2,(H,27,28). The first-order valence-corrected chi connectivity index (χ1v) is 9.61. The molecule has 4 rings (SSSR count). The lowest BCUT2D eigenvalue weighted by atomic mass is 9.85. The first kappa shape index (κ1) is 19.4. The number of carbonyl (C=O) groups is 1. The first-order valence-electron chi connectivity index (χ1n) is 9.61. The molecule has 2 aromatic carbocycles. The van der Waals surface area contributed by atoms with Gasteiger partial charge in [-0.15, -0.1) is 0 Å². The van der Waals surface area contributed by atoms with Crippen LogP contribution in [0.2, 0.25) is 0 Å². The molecule has 0 atom stereocenters. The molecular formula is C22H21F3N2O2. The lowest BCUT2D eigenvalue weighted by Gasteiger charge is -2.23. The molecule has 29 heavy (non-hydrogen) atoms. The third-order valence-electron chi connectivity index (χ3n) is 5.33. The van der Waals surface area contributed by atoms with E-state index in [2.05, 4.69) is 10.3 Å². The van der Waals surface area contributed by atoms with Crippen molar-refractivity contribution in [2.24, 2.45) is 5.92 Å². The van der Waals surface area contributed by atoms with Crippen LogP contribution in [0.4, 0.5) is 18.9 Å². The van der Waals surface area contributed by atoms with Gasteiger partial charge < -0.3 is 15.0 Å². The smallest absolute Gasteiger partial charge is 0.416 e. The molecule has 3 aromatic rings. The number of benzene rings is 2. The van der Waals surface area contributed by atoms with Gasteiger partial charge in [0, 0.05) is 29.4 Å². The second kappa shape index (κ2) is 7.81. The fourth-order valence-corrected chi connectivity index (χ4v) is 3.35. The summed E-state index contributed by atoms with van der Waals surface area (Å²) >= 11 is 0. The van der Waals surface area contributed by atoms with E-state index in [0.717, 1.165) is 53.5 Å². The summed E-state index contributed by atoms with van der Waals surface area (Å²) in [6, 6.07) is 10.7. The number of halogens is 3. The van der Waals surface area contributed by atoms with Crippen LogP contribution in [0, 0.1) is 5.92 Å². The summed E-state index contributed by atoms with van der Waals surface area (Å²) in [5.74, 6) is 0.789. The van der Waals surface area contributed by atoms with Crippen LogP contribution in [-0.2, 0) is 17.4 Å². The van der Waals surface area contributed by atoms with Crippen molar-refractivity contribution in [2.75, 3.05) is 11.9 Å². The van der Waals surface area contributed by atoms with Gasteiger partial charge >= 0.3 is 6.18 Å². The average molecular weight is 402 g/mol. The Kier molecular flexibility index (Phi) is 5.22. The zero-order chi connectivity index (χ0) is 20.4. The van der Waals surface area contributed by atoms with Crippen molar-refractivity contribution in [3.05, 3.63) is 59.8 Å². The van der Waals surface area contributed by atoms with Gasteiger partial charge in [-0.2, -0.15) is 13.2 Å². The van der Waals surface area contributed by atoms with Crippen LogP contribution in [0.15, 0.2) is 48.7 Å². The van der Waals surface area contributed by atoms with E-state index in [0.29, 0.717) is 18.8 Å². The second-order valence-corrected chi connectivity index (χ2v) is 7.32. The van der Waals surface area contributed by atoms with Crippen LogP contribution in [0.3, 0.4) is 0 Å². The van der Waals surface area contributed by atoms with E-state index in [1.807, 2.05) is 18.2 Å². The van der Waals surface area contributed by atoms with Crippen LogP contribution in [0.25, 0.3) is 10.9 Å². The van der Waals surface area contributed by atoms with Crippen LogP contribution in [0.1, 0.15) is 30.4 Å². The molecule has 1 amide bonds. The second-order valence-electron chi connectivity index (χ2n) is 7.32. The molecule has 152 valence electrons. The van der Waals surface area contributed by atoms with E-state index < -0.39 is 11.7 Å². The number of nitrogens with one attached hydrogen (secondary N) is 2. The molecule has 0 aliphatic heterocycles. The fraction of sp³-hybridized carbons (Fsp3) is 0.318. The number of ether oxygens (including phenoxy) is 1. The summed E-state index contributed by atoms with van der Waals surface area (Å²) in [5, 5.41) is 3.84. The minimum absolute atomic E-state index is 0.0470. The molecule has 0 bridgehead atoms. The molecule has 0 radical (unpaired) electrons. The van der Waals surface area contributed by atoms with Crippen LogP contribution in [0.5, 0.6) is 5.75 Å². The molecule has 1 fully saturated rings. The van der Waals surface area contributed by atoms with Crippen molar-refractivity contribution in [2.45, 2.75) is 31.9 Å². The zero-order valence-electron chi connectivity index (χ0n) is 15.7. The highest BCUT2D eigenvalue weighted by Gasteiger charge is 2.30. The maximum Gasteiger partial charge on any atom is 0.416 e. The molecule has 1 aliphatic carbocycles. The maximum absolute atomic E-state index is 12.6. The molecule has 2 N–H and O–H groups in total. The number of anilines is 1. The molecule has 1 saturated carbocycles. The van der Waals surface area contributed by atoms with Gasteiger partial charge in [0.1, 0.15) is 5.75 Å². The lowest BCUT2D eigenvalue weighted by molar-refractivity contribution is -0.137. The van der Waals surface area contributed by atoms with Gasteiger partial charge in [-0.05, 0) is 48.7 Å². The van der Waals surface area contributed by atoms with Gasteiger partial charge in [0.05, 0.1) is 17.9 Å². The van der Waals surface area contributed by atoms with E-state index in [-0.39, 0.29) is 11.8 Å². The van der Waals surface area contributed by atoms with E-state index in [1.54, 1.807) is 6.20 Å². The van der Waals surface area contributed by atoms with Gasteiger partial charge in [0.15, 0.2) is 0 Å². The highest BCUT2D eigenvalue weighted by atomic mass is 19.4. The predicted molar refractivity (Wildman–Crippen MR) is 105 cm³/mol. The number of rotatable bonds is 6. The highest BCUT2D eigenvalue weighted by molar-refractivity contribution is 6.02. The van der Waals surface area contributed by atoms with E-state index >= 15 is 0 Å². The molecule has 1 aromatic heterocycles. The van der Waals surface area contributed by atoms with Crippen molar-refractivity contribution >= 4 is 22.5 Å². The van der Waals surface area contributed by atoms with Crippen molar-refractivity contribution in [1.82, 2.24) is 4.98 Å². The number of hydrogen-bond acceptors (Lipinski definition) is 2. The molecule has 1 aliphatic rings. The molecule has 0 unspecified atom stereocenters. The summed E-state index contributed by atoms with van der Waals surface area (Å²) in [7, 11) is 0. The number of aromatic amines is 1. The number of H-pyrrole nitrogens is 1. The van der Waals surface area contributed by atoms with E-state index in [9.17, 15) is 18.0 Å². The molecular weight excluding hydrogens is 381 g/mol. The van der Waals surface area contributed by atoms with Gasteiger partial charge in [-0.1, -0.05) is 18.6 Å². The third kappa shape index (κ3) is 4.39. The van der Waals surface area contributed by atoms with Crippen LogP contribution in [-0.4, -0.2) is 17.5 Å². The average Bonchev–Trinajstić information content (AvgIpc) is 3.02. The summed E-state index contributed by atoms with van der Waals surface area (Å²) in [6.07, 6.45) is 0.913. The summed E-state index contributed by atoms with van der Waals surface area (Å²) in [5.41, 5.74) is 1.74. The number of amides is 1. The van der Waals surface area contributed by atoms with Crippen LogP contribution < -0.4 is 10.1 Å².